The van der Waals surface area contributed by atoms with Crippen LogP contribution in [0.15, 0.2) is 41.3 Å². The van der Waals surface area contributed by atoms with Gasteiger partial charge in [0, 0.05) is 23.2 Å². The molecule has 2 aromatic carbocycles. The number of hydrogen-bond acceptors (Lipinski definition) is 4. The Morgan fingerprint density at radius 1 is 1.23 bits per heavy atom. The molecule has 158 valence electrons. The molecule has 0 fully saturated rings. The standard InChI is InChI=1S/C24H27FN2O2S/c1-3-4-15-29-24(28)27-13-11-19-5-6-20(16-26)23(22(19)12-14-27)30-17(2)18-7-9-21(25)10-8-18/h5-10,17H,3-4,11-15H2,1-2H3. The summed E-state index contributed by atoms with van der Waals surface area (Å²) in [5.74, 6) is -0.256. The Bertz CT molecular complexity index is 924. The van der Waals surface area contributed by atoms with Gasteiger partial charge in [-0.1, -0.05) is 31.5 Å². The van der Waals surface area contributed by atoms with Crippen LogP contribution in [0.3, 0.4) is 0 Å². The minimum atomic E-state index is -0.259. The van der Waals surface area contributed by atoms with Crippen LogP contribution in [0.25, 0.3) is 0 Å². The highest BCUT2D eigenvalue weighted by Gasteiger charge is 2.24. The summed E-state index contributed by atoms with van der Waals surface area (Å²) in [6.07, 6.45) is 3.02. The summed E-state index contributed by atoms with van der Waals surface area (Å²) in [5, 5.41) is 9.75. The van der Waals surface area contributed by atoms with E-state index in [1.165, 1.54) is 17.7 Å². The van der Waals surface area contributed by atoms with Gasteiger partial charge in [-0.05, 0) is 61.1 Å². The van der Waals surface area contributed by atoms with Gasteiger partial charge in [0.25, 0.3) is 0 Å². The second kappa shape index (κ2) is 10.5. The summed E-state index contributed by atoms with van der Waals surface area (Å²) in [7, 11) is 0. The molecular formula is C24H27FN2O2S. The minimum absolute atomic E-state index is 0.0718. The van der Waals surface area contributed by atoms with Crippen LogP contribution in [-0.4, -0.2) is 30.7 Å². The monoisotopic (exact) mass is 426 g/mol. The quantitative estimate of drug-likeness (QED) is 0.427. The Labute approximate surface area is 182 Å². The maximum Gasteiger partial charge on any atom is 0.409 e. The summed E-state index contributed by atoms with van der Waals surface area (Å²) in [4.78, 5) is 15.1. The third kappa shape index (κ3) is 5.34. The number of unbranched alkanes of at least 4 members (excludes halogenated alkanes) is 1. The zero-order valence-electron chi connectivity index (χ0n) is 17.5. The van der Waals surface area contributed by atoms with Crippen LogP contribution in [0.1, 0.15) is 54.2 Å². The zero-order valence-corrected chi connectivity index (χ0v) is 18.3. The first-order valence-corrected chi connectivity index (χ1v) is 11.3. The Morgan fingerprint density at radius 3 is 2.67 bits per heavy atom. The van der Waals surface area contributed by atoms with E-state index in [2.05, 4.69) is 19.9 Å². The lowest BCUT2D eigenvalue weighted by molar-refractivity contribution is 0.103. The van der Waals surface area contributed by atoms with Crippen molar-refractivity contribution in [2.24, 2.45) is 0 Å². The first-order valence-electron chi connectivity index (χ1n) is 10.4. The molecular weight excluding hydrogens is 399 g/mol. The third-order valence-electron chi connectivity index (χ3n) is 5.38. The van der Waals surface area contributed by atoms with Gasteiger partial charge in [0.05, 0.1) is 12.2 Å². The number of carbonyl (C=O) groups is 1. The molecule has 3 rings (SSSR count). The molecule has 0 saturated carbocycles. The van der Waals surface area contributed by atoms with Crippen molar-refractivity contribution in [3.05, 3.63) is 64.5 Å². The molecule has 1 atom stereocenters. The Hall–Kier alpha value is -2.52. The van der Waals surface area contributed by atoms with Crippen LogP contribution >= 0.6 is 11.8 Å². The number of hydrogen-bond donors (Lipinski definition) is 0. The molecule has 30 heavy (non-hydrogen) atoms. The molecule has 1 unspecified atom stereocenters. The van der Waals surface area contributed by atoms with Crippen LogP contribution in [0.5, 0.6) is 0 Å². The Morgan fingerprint density at radius 2 is 1.97 bits per heavy atom. The van der Waals surface area contributed by atoms with Gasteiger partial charge in [0.15, 0.2) is 0 Å². The molecule has 0 spiro atoms. The summed E-state index contributed by atoms with van der Waals surface area (Å²) in [5.41, 5.74) is 3.97. The Balaban J connectivity index is 1.79. The zero-order chi connectivity index (χ0) is 21.5. The largest absolute Gasteiger partial charge is 0.449 e. The lowest BCUT2D eigenvalue weighted by atomic mass is 10.0. The molecule has 0 saturated heterocycles. The predicted molar refractivity (Wildman–Crippen MR) is 117 cm³/mol. The van der Waals surface area contributed by atoms with E-state index in [0.717, 1.165) is 35.3 Å². The molecule has 0 radical (unpaired) electrons. The van der Waals surface area contributed by atoms with Gasteiger partial charge in [0.2, 0.25) is 0 Å². The number of carbonyl (C=O) groups excluding carboxylic acids is 1. The topological polar surface area (TPSA) is 53.3 Å². The number of rotatable bonds is 6. The van der Waals surface area contributed by atoms with Gasteiger partial charge in [-0.25, -0.2) is 9.18 Å². The summed E-state index contributed by atoms with van der Waals surface area (Å²) >= 11 is 1.62. The van der Waals surface area contributed by atoms with E-state index in [4.69, 9.17) is 4.74 Å². The maximum atomic E-state index is 13.3. The summed E-state index contributed by atoms with van der Waals surface area (Å²) in [6.45, 7) is 5.77. The highest BCUT2D eigenvalue weighted by atomic mass is 32.2. The van der Waals surface area contributed by atoms with E-state index in [1.54, 1.807) is 28.8 Å². The van der Waals surface area contributed by atoms with E-state index in [0.29, 0.717) is 31.7 Å². The Kier molecular flexibility index (Phi) is 7.75. The van der Waals surface area contributed by atoms with Gasteiger partial charge in [-0.3, -0.25) is 0 Å². The van der Waals surface area contributed by atoms with Gasteiger partial charge in [-0.15, -0.1) is 11.8 Å². The highest BCUT2D eigenvalue weighted by Crippen LogP contribution is 2.40. The average molecular weight is 427 g/mol. The van der Waals surface area contributed by atoms with Crippen LogP contribution in [0, 0.1) is 17.1 Å². The molecule has 0 aliphatic carbocycles. The number of nitrogens with zero attached hydrogens (tertiary/aromatic N) is 2. The second-order valence-corrected chi connectivity index (χ2v) is 8.81. The molecule has 0 aromatic heterocycles. The predicted octanol–water partition coefficient (Wildman–Crippen LogP) is 5.89. The average Bonchev–Trinajstić information content (AvgIpc) is 2.97. The van der Waals surface area contributed by atoms with Gasteiger partial charge >= 0.3 is 6.09 Å². The number of halogens is 1. The van der Waals surface area contributed by atoms with Crippen molar-refractivity contribution in [3.8, 4) is 6.07 Å². The number of fused-ring (bicyclic) bond motifs is 1. The smallest absolute Gasteiger partial charge is 0.409 e. The first-order chi connectivity index (χ1) is 14.5. The van der Waals surface area contributed by atoms with Crippen molar-refractivity contribution >= 4 is 17.9 Å². The third-order valence-corrected chi connectivity index (χ3v) is 6.70. The van der Waals surface area contributed by atoms with Gasteiger partial charge in [-0.2, -0.15) is 5.26 Å². The normalized spacial score (nSPS) is 14.4. The highest BCUT2D eigenvalue weighted by molar-refractivity contribution is 7.99. The molecule has 6 heteroatoms. The summed E-state index contributed by atoms with van der Waals surface area (Å²) < 4.78 is 18.7. The van der Waals surface area contributed by atoms with Crippen molar-refractivity contribution in [2.45, 2.75) is 49.7 Å². The molecule has 2 aromatic rings. The van der Waals surface area contributed by atoms with Gasteiger partial charge < -0.3 is 9.64 Å². The fraction of sp³-hybridized carbons (Fsp3) is 0.417. The number of thioether (sulfide) groups is 1. The number of nitriles is 1. The van der Waals surface area contributed by atoms with Crippen molar-refractivity contribution in [1.29, 1.82) is 5.26 Å². The van der Waals surface area contributed by atoms with Crippen LogP contribution < -0.4 is 0 Å². The molecule has 1 amide bonds. The fourth-order valence-electron chi connectivity index (χ4n) is 3.57. The van der Waals surface area contributed by atoms with Gasteiger partial charge in [0.1, 0.15) is 11.9 Å². The fourth-order valence-corrected chi connectivity index (χ4v) is 4.83. The number of ether oxygens (including phenoxy) is 1. The summed E-state index contributed by atoms with van der Waals surface area (Å²) in [6, 6.07) is 12.7. The lowest BCUT2D eigenvalue weighted by Crippen LogP contribution is -2.34. The van der Waals surface area contributed by atoms with Crippen molar-refractivity contribution < 1.29 is 13.9 Å². The SMILES string of the molecule is CCCCOC(=O)N1CCc2ccc(C#N)c(SC(C)c3ccc(F)cc3)c2CC1. The molecule has 0 N–H and O–H groups in total. The maximum absolute atomic E-state index is 13.3. The van der Waals surface area contributed by atoms with E-state index >= 15 is 0 Å². The minimum Gasteiger partial charge on any atom is -0.449 e. The van der Waals surface area contributed by atoms with Crippen LogP contribution in [-0.2, 0) is 17.6 Å². The van der Waals surface area contributed by atoms with Crippen LogP contribution in [0.4, 0.5) is 9.18 Å². The lowest BCUT2D eigenvalue weighted by Gasteiger charge is -2.20. The van der Waals surface area contributed by atoms with Crippen LogP contribution in [0.2, 0.25) is 0 Å². The second-order valence-electron chi connectivity index (χ2n) is 7.46. The number of amides is 1. The van der Waals surface area contributed by atoms with E-state index in [-0.39, 0.29) is 17.2 Å². The molecule has 1 aliphatic rings. The molecule has 0 bridgehead atoms. The van der Waals surface area contributed by atoms with E-state index in [1.807, 2.05) is 12.1 Å². The van der Waals surface area contributed by atoms with Crippen molar-refractivity contribution in [2.75, 3.05) is 19.7 Å². The first kappa shape index (κ1) is 22.2. The molecule has 1 heterocycles. The molecule has 1 aliphatic heterocycles. The van der Waals surface area contributed by atoms with E-state index < -0.39 is 0 Å². The number of benzene rings is 2. The molecule has 4 nitrogen and oxygen atoms in total. The van der Waals surface area contributed by atoms with Crippen molar-refractivity contribution in [1.82, 2.24) is 4.90 Å². The van der Waals surface area contributed by atoms with Crippen molar-refractivity contribution in [3.63, 3.8) is 0 Å². The van der Waals surface area contributed by atoms with E-state index in [9.17, 15) is 14.4 Å².